The molecule has 0 bridgehead atoms. The van der Waals surface area contributed by atoms with Crippen molar-refractivity contribution in [2.45, 2.75) is 12.3 Å². The average molecular weight is 444 g/mol. The van der Waals surface area contributed by atoms with Crippen LogP contribution in [0.4, 0.5) is 0 Å². The monoisotopic (exact) mass is 443 g/mol. The van der Waals surface area contributed by atoms with E-state index >= 15 is 0 Å². The third kappa shape index (κ3) is 5.07. The highest BCUT2D eigenvalue weighted by Crippen LogP contribution is 2.25. The number of piperazine rings is 1. The van der Waals surface area contributed by atoms with Crippen LogP contribution >= 0.6 is 11.3 Å². The second kappa shape index (κ2) is 9.26. The first-order valence-corrected chi connectivity index (χ1v) is 12.4. The highest BCUT2D eigenvalue weighted by molar-refractivity contribution is 7.88. The van der Waals surface area contributed by atoms with Crippen molar-refractivity contribution < 1.29 is 13.2 Å². The molecule has 3 aromatic rings. The van der Waals surface area contributed by atoms with E-state index < -0.39 is 10.0 Å². The lowest BCUT2D eigenvalue weighted by Crippen LogP contribution is -2.48. The van der Waals surface area contributed by atoms with Gasteiger partial charge in [-0.25, -0.2) is 13.4 Å². The van der Waals surface area contributed by atoms with E-state index in [9.17, 15) is 8.42 Å². The molecule has 0 radical (unpaired) electrons. The summed E-state index contributed by atoms with van der Waals surface area (Å²) < 4.78 is 32.2. The minimum Gasteiger partial charge on any atom is -0.497 e. The van der Waals surface area contributed by atoms with Gasteiger partial charge in [-0.3, -0.25) is 4.90 Å². The molecule has 1 aromatic heterocycles. The maximum absolute atomic E-state index is 12.7. The lowest BCUT2D eigenvalue weighted by Gasteiger charge is -2.33. The molecular formula is C22H25N3O3S2. The largest absolute Gasteiger partial charge is 0.497 e. The summed E-state index contributed by atoms with van der Waals surface area (Å²) in [6, 6.07) is 17.2. The van der Waals surface area contributed by atoms with E-state index in [-0.39, 0.29) is 5.75 Å². The van der Waals surface area contributed by atoms with Crippen LogP contribution in [-0.2, 0) is 22.3 Å². The molecule has 2 heterocycles. The number of methoxy groups -OCH3 is 1. The van der Waals surface area contributed by atoms with E-state index in [0.29, 0.717) is 26.2 Å². The smallest absolute Gasteiger partial charge is 0.218 e. The Morgan fingerprint density at radius 1 is 1.00 bits per heavy atom. The number of ether oxygens (including phenoxy) is 1. The highest BCUT2D eigenvalue weighted by Gasteiger charge is 2.27. The van der Waals surface area contributed by atoms with Gasteiger partial charge in [-0.15, -0.1) is 11.3 Å². The van der Waals surface area contributed by atoms with Crippen LogP contribution in [-0.4, -0.2) is 55.9 Å². The average Bonchev–Trinajstić information content (AvgIpc) is 3.23. The fourth-order valence-electron chi connectivity index (χ4n) is 3.51. The molecule has 1 saturated heterocycles. The quantitative estimate of drug-likeness (QED) is 0.560. The summed E-state index contributed by atoms with van der Waals surface area (Å²) in [7, 11) is -1.63. The maximum atomic E-state index is 12.7. The zero-order valence-corrected chi connectivity index (χ0v) is 18.5. The molecule has 30 heavy (non-hydrogen) atoms. The molecule has 0 N–H and O–H groups in total. The topological polar surface area (TPSA) is 62.7 Å². The van der Waals surface area contributed by atoms with E-state index in [2.05, 4.69) is 10.3 Å². The Bertz CT molecular complexity index is 1060. The van der Waals surface area contributed by atoms with Gasteiger partial charge in [-0.05, 0) is 29.8 Å². The molecule has 0 unspecified atom stereocenters. The minimum atomic E-state index is -3.29. The van der Waals surface area contributed by atoms with E-state index in [1.807, 2.05) is 54.6 Å². The molecule has 4 rings (SSSR count). The SMILES string of the molecule is COc1ccc(-c2csc(CN3CCN(S(=O)(=O)Cc4ccccc4)CC3)n2)cc1. The van der Waals surface area contributed by atoms with Gasteiger partial charge in [0.1, 0.15) is 10.8 Å². The molecule has 1 aliphatic rings. The van der Waals surface area contributed by atoms with Gasteiger partial charge in [-0.1, -0.05) is 30.3 Å². The Morgan fingerprint density at radius 3 is 2.37 bits per heavy atom. The fraction of sp³-hybridized carbons (Fsp3) is 0.318. The molecule has 1 aliphatic heterocycles. The molecule has 0 saturated carbocycles. The van der Waals surface area contributed by atoms with Gasteiger partial charge in [0.05, 0.1) is 25.1 Å². The van der Waals surface area contributed by atoms with Crippen molar-refractivity contribution in [1.29, 1.82) is 0 Å². The number of hydrogen-bond donors (Lipinski definition) is 0. The van der Waals surface area contributed by atoms with Crippen molar-refractivity contribution in [1.82, 2.24) is 14.2 Å². The number of aromatic nitrogens is 1. The van der Waals surface area contributed by atoms with Crippen LogP contribution in [0.2, 0.25) is 0 Å². The second-order valence-electron chi connectivity index (χ2n) is 7.27. The van der Waals surface area contributed by atoms with E-state index in [1.165, 1.54) is 0 Å². The van der Waals surface area contributed by atoms with Gasteiger partial charge >= 0.3 is 0 Å². The van der Waals surface area contributed by atoms with Crippen molar-refractivity contribution in [3.05, 3.63) is 70.5 Å². The summed E-state index contributed by atoms with van der Waals surface area (Å²) in [6.07, 6.45) is 0. The molecular weight excluding hydrogens is 418 g/mol. The summed E-state index contributed by atoms with van der Waals surface area (Å²) in [5.74, 6) is 0.889. The predicted octanol–water partition coefficient (Wildman–Crippen LogP) is 3.47. The molecule has 1 fully saturated rings. The van der Waals surface area contributed by atoms with E-state index in [4.69, 9.17) is 9.72 Å². The van der Waals surface area contributed by atoms with Crippen LogP contribution in [0.1, 0.15) is 10.6 Å². The number of sulfonamides is 1. The number of rotatable bonds is 7. The first kappa shape index (κ1) is 21.0. The Labute approximate surface area is 181 Å². The fourth-order valence-corrected chi connectivity index (χ4v) is 5.87. The molecule has 0 aliphatic carbocycles. The molecule has 2 aromatic carbocycles. The summed E-state index contributed by atoms with van der Waals surface area (Å²) in [5.41, 5.74) is 2.85. The molecule has 8 heteroatoms. The third-order valence-corrected chi connectivity index (χ3v) is 7.90. The van der Waals surface area contributed by atoms with Crippen LogP contribution in [0.5, 0.6) is 5.75 Å². The van der Waals surface area contributed by atoms with Crippen molar-refractivity contribution >= 4 is 21.4 Å². The lowest BCUT2D eigenvalue weighted by molar-refractivity contribution is 0.181. The maximum Gasteiger partial charge on any atom is 0.218 e. The number of thiazole rings is 1. The first-order chi connectivity index (χ1) is 14.5. The van der Waals surface area contributed by atoms with Gasteiger partial charge in [0.2, 0.25) is 10.0 Å². The van der Waals surface area contributed by atoms with Crippen molar-refractivity contribution in [3.8, 4) is 17.0 Å². The third-order valence-electron chi connectivity index (χ3n) is 5.21. The van der Waals surface area contributed by atoms with Gasteiger partial charge in [0.15, 0.2) is 0 Å². The Balaban J connectivity index is 1.32. The summed E-state index contributed by atoms with van der Waals surface area (Å²) >= 11 is 1.64. The zero-order chi connectivity index (χ0) is 21.0. The summed E-state index contributed by atoms with van der Waals surface area (Å²) in [4.78, 5) is 7.03. The first-order valence-electron chi connectivity index (χ1n) is 9.86. The molecule has 0 spiro atoms. The van der Waals surface area contributed by atoms with Gasteiger partial charge in [-0.2, -0.15) is 4.31 Å². The van der Waals surface area contributed by atoms with E-state index in [1.54, 1.807) is 22.8 Å². The van der Waals surface area contributed by atoms with Gasteiger partial charge in [0, 0.05) is 37.1 Å². The van der Waals surface area contributed by atoms with Gasteiger partial charge < -0.3 is 4.74 Å². The van der Waals surface area contributed by atoms with E-state index in [0.717, 1.165) is 34.1 Å². The number of benzene rings is 2. The Morgan fingerprint density at radius 2 is 1.70 bits per heavy atom. The summed E-state index contributed by atoms with van der Waals surface area (Å²) in [5, 5.41) is 3.11. The van der Waals surface area contributed by atoms with Crippen LogP contribution in [0, 0.1) is 0 Å². The Hall–Kier alpha value is -2.26. The normalized spacial score (nSPS) is 15.9. The highest BCUT2D eigenvalue weighted by atomic mass is 32.2. The van der Waals surface area contributed by atoms with Crippen LogP contribution < -0.4 is 4.74 Å². The second-order valence-corrected chi connectivity index (χ2v) is 10.2. The van der Waals surface area contributed by atoms with Crippen molar-refractivity contribution in [2.24, 2.45) is 0 Å². The Kier molecular flexibility index (Phi) is 6.48. The number of hydrogen-bond acceptors (Lipinski definition) is 6. The lowest BCUT2D eigenvalue weighted by atomic mass is 10.2. The molecule has 0 amide bonds. The van der Waals surface area contributed by atoms with Crippen LogP contribution in [0.15, 0.2) is 60.0 Å². The standard InChI is InChI=1S/C22H25N3O3S2/c1-28-20-9-7-19(8-10-20)21-16-29-22(23-21)15-24-11-13-25(14-12-24)30(26,27)17-18-5-3-2-4-6-18/h2-10,16H,11-15,17H2,1H3. The van der Waals surface area contributed by atoms with Crippen molar-refractivity contribution in [3.63, 3.8) is 0 Å². The predicted molar refractivity (Wildman–Crippen MR) is 120 cm³/mol. The summed E-state index contributed by atoms with van der Waals surface area (Å²) in [6.45, 7) is 3.21. The molecule has 6 nitrogen and oxygen atoms in total. The van der Waals surface area contributed by atoms with Crippen LogP contribution in [0.3, 0.4) is 0 Å². The minimum absolute atomic E-state index is 0.0611. The number of nitrogens with zero attached hydrogens (tertiary/aromatic N) is 3. The molecule has 158 valence electrons. The van der Waals surface area contributed by atoms with Gasteiger partial charge in [0.25, 0.3) is 0 Å². The zero-order valence-electron chi connectivity index (χ0n) is 16.9. The van der Waals surface area contributed by atoms with Crippen LogP contribution in [0.25, 0.3) is 11.3 Å². The molecule has 0 atom stereocenters. The van der Waals surface area contributed by atoms with Crippen molar-refractivity contribution in [2.75, 3.05) is 33.3 Å².